The van der Waals surface area contributed by atoms with Crippen LogP contribution in [0.4, 0.5) is 0 Å². The van der Waals surface area contributed by atoms with E-state index in [2.05, 4.69) is 42.5 Å². The number of para-hydroxylation sites is 3. The molecule has 18 aromatic carbocycles. The molecular weight excluding hydrogens is 1200 g/mol. The molecule has 0 aliphatic heterocycles. The molecule has 3 nitrogen and oxygen atoms in total. The molecule has 0 atom stereocenters. The third-order valence-electron chi connectivity index (χ3n) is 20.0. The smallest absolute Gasteiger partial charge is 0.143 e. The Morgan fingerprint density at radius 2 is 0.586 bits per heavy atom. The minimum absolute atomic E-state index is 0.133. The summed E-state index contributed by atoms with van der Waals surface area (Å²) in [6.07, 6.45) is 0. The largest absolute Gasteiger partial charge is 0.456 e. The molecule has 0 radical (unpaired) electrons. The first-order valence-corrected chi connectivity index (χ1v) is 32.7. The van der Waals surface area contributed by atoms with Gasteiger partial charge in [-0.3, -0.25) is 0 Å². The Hall–Kier alpha value is -13.1. The Morgan fingerprint density at radius 3 is 1.16 bits per heavy atom. The van der Waals surface area contributed by atoms with E-state index in [9.17, 15) is 11.0 Å². The van der Waals surface area contributed by atoms with Gasteiger partial charge in [0.05, 0.1) is 21.9 Å². The van der Waals surface area contributed by atoms with Gasteiger partial charge < -0.3 is 13.3 Å². The molecule has 21 aromatic rings. The van der Waals surface area contributed by atoms with Gasteiger partial charge in [0, 0.05) is 43.4 Å². The molecule has 99 heavy (non-hydrogen) atoms. The maximum atomic E-state index is 9.60. The highest BCUT2D eigenvalue weighted by Gasteiger charge is 2.28. The van der Waals surface area contributed by atoms with Crippen molar-refractivity contribution in [1.29, 1.82) is 0 Å². The number of rotatable bonds is 6. The van der Waals surface area contributed by atoms with E-state index in [1.807, 2.05) is 194 Å². The first kappa shape index (κ1) is 41.7. The van der Waals surface area contributed by atoms with Gasteiger partial charge in [-0.05, 0) is 191 Å². The highest BCUT2D eigenvalue weighted by atomic mass is 16.3. The van der Waals surface area contributed by atoms with Gasteiger partial charge in [-0.1, -0.05) is 291 Å². The van der Waals surface area contributed by atoms with E-state index in [0.29, 0.717) is 72.1 Å². The Bertz CT molecular complexity index is 7810. The summed E-state index contributed by atoms with van der Waals surface area (Å²) in [5, 5.41) is 9.73. The highest BCUT2D eigenvalue weighted by molar-refractivity contribution is 6.31. The van der Waals surface area contributed by atoms with Gasteiger partial charge in [0.1, 0.15) is 33.5 Å². The van der Waals surface area contributed by atoms with Gasteiger partial charge in [0.2, 0.25) is 0 Å². The van der Waals surface area contributed by atoms with Crippen LogP contribution in [0.1, 0.15) is 21.9 Å². The summed E-state index contributed by atoms with van der Waals surface area (Å²) in [5.74, 6) is 0. The second-order valence-electron chi connectivity index (χ2n) is 25.1. The normalized spacial score (nSPS) is 14.3. The van der Waals surface area contributed by atoms with Crippen molar-refractivity contribution in [3.8, 4) is 89.0 Å². The summed E-state index contributed by atoms with van der Waals surface area (Å²) >= 11 is 0. The van der Waals surface area contributed by atoms with Crippen LogP contribution < -0.4 is 0 Å². The van der Waals surface area contributed by atoms with Gasteiger partial charge >= 0.3 is 0 Å². The molecule has 1 aliphatic rings. The molecule has 22 rings (SSSR count). The second kappa shape index (κ2) is 21.7. The lowest BCUT2D eigenvalue weighted by molar-refractivity contribution is 0.669. The van der Waals surface area contributed by atoms with Crippen molar-refractivity contribution in [1.82, 2.24) is 0 Å². The Balaban J connectivity index is 0.000000144. The lowest BCUT2D eigenvalue weighted by Gasteiger charge is -2.20. The molecule has 3 heteroatoms. The average Bonchev–Trinajstić information content (AvgIpc) is 1.53. The number of hydrogen-bond acceptors (Lipinski definition) is 3. The van der Waals surface area contributed by atoms with Gasteiger partial charge in [-0.2, -0.15) is 0 Å². The molecule has 0 N–H and O–H groups in total. The van der Waals surface area contributed by atoms with Crippen molar-refractivity contribution in [3.05, 3.63) is 339 Å². The van der Waals surface area contributed by atoms with Crippen LogP contribution in [0, 0.1) is 0 Å². The molecule has 3 aromatic heterocycles. The fourth-order valence-electron chi connectivity index (χ4n) is 15.8. The summed E-state index contributed by atoms with van der Waals surface area (Å²) < 4.78 is 168. The zero-order valence-electron chi connectivity index (χ0n) is 68.3. The molecule has 0 bridgehead atoms. The molecule has 3 heterocycles. The standard InChI is InChI=1S/C48H28O2.C48H28O/c1-2-12-30-27-31(22-21-29(30)11-1)33-25-26-41(47-40-18-8-10-20-43(40)50-48(33)47)46-38-16-5-3-14-36(38)45(37-15-4-6-17-39(37)46)32-23-24-35-34-13-7-9-19-42(34)49-44(35)28-32;1-2-13-29(14-3-1)30-25-28-42(47-41-21-10-11-24-43(41)49-48(30)47)46-36-19-8-6-17-34(36)45(35-18-7-9-20-37(35)46)40-27-26-39-32-16-5-4-15-31(32)33-22-12-23-38(40)44(33)39/h1-28H;1-28H/i3D,4D,5D,6D,14D,15D,16D,17D;6D,7D,8D,9D,17D,18D,19D,20D. The first-order valence-electron chi connectivity index (χ1n) is 40.7. The molecule has 0 amide bonds. The Kier molecular flexibility index (Phi) is 9.15. The predicted octanol–water partition coefficient (Wildman–Crippen LogP) is 27.6. The van der Waals surface area contributed by atoms with Crippen molar-refractivity contribution in [2.24, 2.45) is 0 Å². The predicted molar refractivity (Wildman–Crippen MR) is 417 cm³/mol. The van der Waals surface area contributed by atoms with Crippen LogP contribution in [-0.4, -0.2) is 0 Å². The van der Waals surface area contributed by atoms with E-state index >= 15 is 0 Å². The van der Waals surface area contributed by atoms with Crippen LogP contribution >= 0.6 is 0 Å². The quantitative estimate of drug-likeness (QED) is 0.156. The Labute approximate surface area is 591 Å². The van der Waals surface area contributed by atoms with Crippen molar-refractivity contribution in [2.45, 2.75) is 0 Å². The van der Waals surface area contributed by atoms with E-state index in [-0.39, 0.29) is 108 Å². The van der Waals surface area contributed by atoms with Crippen LogP contribution in [0.5, 0.6) is 0 Å². The van der Waals surface area contributed by atoms with Crippen molar-refractivity contribution >= 4 is 130 Å². The van der Waals surface area contributed by atoms with Crippen molar-refractivity contribution in [2.75, 3.05) is 0 Å². The van der Waals surface area contributed by atoms with Crippen molar-refractivity contribution in [3.63, 3.8) is 0 Å². The molecule has 0 unspecified atom stereocenters. The fourth-order valence-corrected chi connectivity index (χ4v) is 15.8. The summed E-state index contributed by atoms with van der Waals surface area (Å²) in [7, 11) is 0. The van der Waals surface area contributed by atoms with Gasteiger partial charge in [-0.15, -0.1) is 0 Å². The van der Waals surface area contributed by atoms with E-state index < -0.39 is 48.3 Å². The number of furan rings is 3. The van der Waals surface area contributed by atoms with E-state index in [0.717, 1.165) is 87.6 Å². The molecule has 0 saturated heterocycles. The van der Waals surface area contributed by atoms with E-state index in [1.54, 1.807) is 6.07 Å². The summed E-state index contributed by atoms with van der Waals surface area (Å²) in [6, 6.07) is 72.0. The summed E-state index contributed by atoms with van der Waals surface area (Å²) in [6.45, 7) is 0. The second-order valence-corrected chi connectivity index (χ2v) is 25.1. The average molecular weight is 1270 g/mol. The number of fused-ring (bicyclic) bond motifs is 17. The lowest BCUT2D eigenvalue weighted by Crippen LogP contribution is -1.93. The molecular formula is C96H56O3. The van der Waals surface area contributed by atoms with E-state index in [1.165, 1.54) is 0 Å². The fraction of sp³-hybridized carbons (Fsp3) is 0. The number of hydrogen-bond donors (Lipinski definition) is 0. The molecule has 0 spiro atoms. The third kappa shape index (κ3) is 8.32. The van der Waals surface area contributed by atoms with Gasteiger partial charge in [0.25, 0.3) is 0 Å². The monoisotopic (exact) mass is 1270 g/mol. The van der Waals surface area contributed by atoms with Gasteiger partial charge in [-0.25, -0.2) is 0 Å². The summed E-state index contributed by atoms with van der Waals surface area (Å²) in [4.78, 5) is 0. The zero-order chi connectivity index (χ0) is 78.7. The summed E-state index contributed by atoms with van der Waals surface area (Å²) in [5.41, 5.74) is 14.4. The Morgan fingerprint density at radius 1 is 0.192 bits per heavy atom. The molecule has 1 aliphatic carbocycles. The lowest BCUT2D eigenvalue weighted by atomic mass is 9.83. The minimum Gasteiger partial charge on any atom is -0.456 e. The molecule has 0 saturated carbocycles. The maximum absolute atomic E-state index is 9.60. The first-order chi connectivity index (χ1) is 55.8. The third-order valence-corrected chi connectivity index (χ3v) is 20.0. The van der Waals surface area contributed by atoms with Crippen LogP contribution in [0.3, 0.4) is 0 Å². The highest BCUT2D eigenvalue weighted by Crippen LogP contribution is 2.55. The minimum atomic E-state index is -0.460. The topological polar surface area (TPSA) is 39.4 Å². The van der Waals surface area contributed by atoms with Crippen molar-refractivity contribution < 1.29 is 35.2 Å². The zero-order valence-corrected chi connectivity index (χ0v) is 52.3. The van der Waals surface area contributed by atoms with Crippen LogP contribution in [0.15, 0.2) is 353 Å². The van der Waals surface area contributed by atoms with E-state index in [4.69, 9.17) is 24.2 Å². The van der Waals surface area contributed by atoms with Gasteiger partial charge in [0.15, 0.2) is 0 Å². The molecule has 0 fully saturated rings. The maximum Gasteiger partial charge on any atom is 0.143 e. The van der Waals surface area contributed by atoms with Crippen LogP contribution in [0.25, 0.3) is 219 Å². The number of benzene rings is 18. The van der Waals surface area contributed by atoms with Crippen LogP contribution in [0.2, 0.25) is 0 Å². The SMILES string of the molecule is [2H]c1c([2H])c([2H])c2c(-c3ccc(-c4ccc5ccccc5c4)c4oc5ccccc5c34)c3c([2H])c([2H])c([2H])c([2H])c3c(-c3ccc4c(c3)oc3ccccc34)c2c1[2H].[2H]c1c([2H])c([2H])c2c(-c3ccc(-c4ccccc4)c4oc5ccccc5c34)c3c([2H])c([2H])c([2H])c([2H])c3c(-c3ccc4c5c(cccc35)-c3ccccc3-4)c2c1[2H]. The molecule has 458 valence electrons. The van der Waals surface area contributed by atoms with Crippen LogP contribution in [-0.2, 0) is 0 Å².